The molecule has 1 saturated carbocycles. The van der Waals surface area contributed by atoms with Crippen molar-refractivity contribution in [2.45, 2.75) is 24.9 Å². The predicted octanol–water partition coefficient (Wildman–Crippen LogP) is 1.83. The van der Waals surface area contributed by atoms with Crippen LogP contribution in [0.25, 0.3) is 0 Å². The van der Waals surface area contributed by atoms with Crippen LogP contribution in [0.1, 0.15) is 12.8 Å². The third-order valence-corrected chi connectivity index (χ3v) is 3.15. The number of nitro benzene ring substituents is 1. The molecule has 8 heteroatoms. The van der Waals surface area contributed by atoms with Gasteiger partial charge in [0.1, 0.15) is 23.4 Å². The number of hydrogen-bond acceptors (Lipinski definition) is 5. The van der Waals surface area contributed by atoms with E-state index in [0.29, 0.717) is 5.75 Å². The molecule has 2 N–H and O–H groups in total. The molecule has 0 heterocycles. The van der Waals surface area contributed by atoms with E-state index in [1.54, 1.807) is 0 Å². The number of halogens is 1. The molecule has 108 valence electrons. The Morgan fingerprint density at radius 2 is 2.30 bits per heavy atom. The molecule has 0 amide bonds. The highest BCUT2D eigenvalue weighted by molar-refractivity contribution is 6.32. The number of rotatable bonds is 7. The number of nitrogens with one attached hydrogen (secondary N) is 1. The number of carboxylic acid groups (broad SMARTS) is 1. The topological polar surface area (TPSA) is 102 Å². The first-order valence-corrected chi connectivity index (χ1v) is 6.41. The minimum Gasteiger partial charge on any atom is -0.491 e. The van der Waals surface area contributed by atoms with E-state index in [0.717, 1.165) is 12.8 Å². The fourth-order valence-electron chi connectivity index (χ4n) is 1.63. The Hall–Kier alpha value is -1.86. The van der Waals surface area contributed by atoms with E-state index < -0.39 is 16.9 Å². The van der Waals surface area contributed by atoms with Crippen LogP contribution >= 0.6 is 11.6 Å². The maximum absolute atomic E-state index is 11.0. The zero-order chi connectivity index (χ0) is 14.7. The molecule has 20 heavy (non-hydrogen) atoms. The Bertz CT molecular complexity index is 533. The number of carboxylic acids is 1. The third-order valence-electron chi connectivity index (χ3n) is 2.84. The largest absolute Gasteiger partial charge is 0.491 e. The van der Waals surface area contributed by atoms with Gasteiger partial charge in [-0.1, -0.05) is 11.6 Å². The Labute approximate surface area is 119 Å². The molecule has 0 aliphatic heterocycles. The summed E-state index contributed by atoms with van der Waals surface area (Å²) in [6.07, 6.45) is 1.93. The molecule has 1 aromatic rings. The second-order valence-electron chi connectivity index (χ2n) is 4.51. The van der Waals surface area contributed by atoms with Crippen LogP contribution in [-0.4, -0.2) is 34.7 Å². The molecule has 1 aliphatic rings. The second kappa shape index (κ2) is 6.06. The van der Waals surface area contributed by atoms with Crippen LogP contribution in [0.3, 0.4) is 0 Å². The van der Waals surface area contributed by atoms with Crippen LogP contribution in [0.2, 0.25) is 5.02 Å². The van der Waals surface area contributed by atoms with Crippen molar-refractivity contribution in [1.82, 2.24) is 5.32 Å². The summed E-state index contributed by atoms with van der Waals surface area (Å²) in [7, 11) is 0. The lowest BCUT2D eigenvalue weighted by atomic mass is 10.3. The molecule has 0 aromatic heterocycles. The number of aliphatic carboxylic acids is 1. The molecule has 2 rings (SSSR count). The zero-order valence-corrected chi connectivity index (χ0v) is 11.2. The maximum atomic E-state index is 11.0. The molecule has 0 bridgehead atoms. The van der Waals surface area contributed by atoms with E-state index in [1.165, 1.54) is 18.2 Å². The predicted molar refractivity (Wildman–Crippen MR) is 71.2 cm³/mol. The van der Waals surface area contributed by atoms with Gasteiger partial charge in [0.05, 0.1) is 4.92 Å². The maximum Gasteiger partial charge on any atom is 0.324 e. The fourth-order valence-corrected chi connectivity index (χ4v) is 1.87. The number of benzene rings is 1. The highest BCUT2D eigenvalue weighted by Crippen LogP contribution is 2.28. The summed E-state index contributed by atoms with van der Waals surface area (Å²) >= 11 is 5.74. The lowest BCUT2D eigenvalue weighted by Crippen LogP contribution is -2.42. The summed E-state index contributed by atoms with van der Waals surface area (Å²) < 4.78 is 5.32. The van der Waals surface area contributed by atoms with Gasteiger partial charge in [0.25, 0.3) is 5.69 Å². The Kier molecular flexibility index (Phi) is 4.41. The van der Waals surface area contributed by atoms with Crippen molar-refractivity contribution < 1.29 is 19.6 Å². The van der Waals surface area contributed by atoms with Gasteiger partial charge in [-0.15, -0.1) is 0 Å². The van der Waals surface area contributed by atoms with Crippen molar-refractivity contribution in [2.75, 3.05) is 6.61 Å². The van der Waals surface area contributed by atoms with Gasteiger partial charge in [-0.25, -0.2) is 0 Å². The van der Waals surface area contributed by atoms with Gasteiger partial charge in [0.15, 0.2) is 0 Å². The summed E-state index contributed by atoms with van der Waals surface area (Å²) in [5, 5.41) is 22.5. The lowest BCUT2D eigenvalue weighted by molar-refractivity contribution is -0.384. The Morgan fingerprint density at radius 3 is 2.80 bits per heavy atom. The minimum absolute atomic E-state index is 0.0467. The molecule has 1 fully saturated rings. The van der Waals surface area contributed by atoms with Gasteiger partial charge >= 0.3 is 5.97 Å². The summed E-state index contributed by atoms with van der Waals surface area (Å²) in [5.74, 6) is -0.700. The number of carbonyl (C=O) groups is 1. The normalized spacial score (nSPS) is 15.7. The number of ether oxygens (including phenoxy) is 1. The van der Waals surface area contributed by atoms with Gasteiger partial charge in [-0.3, -0.25) is 20.2 Å². The van der Waals surface area contributed by atoms with Gasteiger partial charge < -0.3 is 9.84 Å². The number of nitro groups is 1. The van der Waals surface area contributed by atoms with E-state index in [4.69, 9.17) is 21.4 Å². The minimum atomic E-state index is -0.995. The third kappa shape index (κ3) is 3.82. The van der Waals surface area contributed by atoms with Crippen molar-refractivity contribution >= 4 is 23.3 Å². The van der Waals surface area contributed by atoms with Crippen molar-refractivity contribution in [3.05, 3.63) is 33.3 Å². The second-order valence-corrected chi connectivity index (χ2v) is 4.92. The summed E-state index contributed by atoms with van der Waals surface area (Å²) in [6, 6.07) is 3.34. The first-order valence-electron chi connectivity index (χ1n) is 6.03. The molecule has 1 aromatic carbocycles. The number of hydrogen-bond donors (Lipinski definition) is 2. The van der Waals surface area contributed by atoms with Crippen LogP contribution < -0.4 is 10.1 Å². The van der Waals surface area contributed by atoms with Gasteiger partial charge in [-0.05, 0) is 18.9 Å². The lowest BCUT2D eigenvalue weighted by Gasteiger charge is -2.15. The molecule has 0 spiro atoms. The average molecular weight is 301 g/mol. The first kappa shape index (κ1) is 14.5. The Balaban J connectivity index is 1.96. The molecule has 7 nitrogen and oxygen atoms in total. The van der Waals surface area contributed by atoms with Gasteiger partial charge in [-0.2, -0.15) is 0 Å². The standard InChI is InChI=1S/C12H13ClN2O5/c13-9-5-8(3-4-11(9)15(18)19)20-6-10(12(16)17)14-7-1-2-7/h3-5,7,10,14H,1-2,6H2,(H,16,17). The molecule has 0 radical (unpaired) electrons. The summed E-state index contributed by atoms with van der Waals surface area (Å²) in [5.41, 5.74) is -0.218. The van der Waals surface area contributed by atoms with E-state index in [-0.39, 0.29) is 23.4 Å². The Morgan fingerprint density at radius 1 is 1.60 bits per heavy atom. The molecular weight excluding hydrogens is 288 g/mol. The smallest absolute Gasteiger partial charge is 0.324 e. The fraction of sp³-hybridized carbons (Fsp3) is 0.417. The van der Waals surface area contributed by atoms with E-state index in [2.05, 4.69) is 5.32 Å². The molecular formula is C12H13ClN2O5. The van der Waals surface area contributed by atoms with Gasteiger partial charge in [0.2, 0.25) is 0 Å². The zero-order valence-electron chi connectivity index (χ0n) is 10.4. The molecule has 1 aliphatic carbocycles. The SMILES string of the molecule is O=C(O)C(COc1ccc([N+](=O)[O-])c(Cl)c1)NC1CC1. The highest BCUT2D eigenvalue weighted by atomic mass is 35.5. The van der Waals surface area contributed by atoms with Crippen LogP contribution in [0.5, 0.6) is 5.75 Å². The van der Waals surface area contributed by atoms with Crippen LogP contribution in [0.15, 0.2) is 18.2 Å². The molecule has 1 atom stereocenters. The van der Waals surface area contributed by atoms with E-state index in [1.807, 2.05) is 0 Å². The van der Waals surface area contributed by atoms with E-state index >= 15 is 0 Å². The van der Waals surface area contributed by atoms with Crippen LogP contribution in [-0.2, 0) is 4.79 Å². The van der Waals surface area contributed by atoms with Crippen LogP contribution in [0.4, 0.5) is 5.69 Å². The van der Waals surface area contributed by atoms with Crippen molar-refractivity contribution in [3.63, 3.8) is 0 Å². The van der Waals surface area contributed by atoms with E-state index in [9.17, 15) is 14.9 Å². The van der Waals surface area contributed by atoms with Crippen molar-refractivity contribution in [1.29, 1.82) is 0 Å². The summed E-state index contributed by atoms with van der Waals surface area (Å²) in [6.45, 7) is -0.0695. The van der Waals surface area contributed by atoms with Crippen molar-refractivity contribution in [3.8, 4) is 5.75 Å². The monoisotopic (exact) mass is 300 g/mol. The first-order chi connectivity index (χ1) is 9.47. The van der Waals surface area contributed by atoms with Gasteiger partial charge in [0, 0.05) is 18.2 Å². The molecule has 0 saturated heterocycles. The average Bonchev–Trinajstić information content (AvgIpc) is 3.17. The molecule has 1 unspecified atom stereocenters. The quantitative estimate of drug-likeness (QED) is 0.588. The summed E-state index contributed by atoms with van der Waals surface area (Å²) in [4.78, 5) is 21.0. The number of nitrogens with zero attached hydrogens (tertiary/aromatic N) is 1. The van der Waals surface area contributed by atoms with Crippen LogP contribution in [0, 0.1) is 10.1 Å². The van der Waals surface area contributed by atoms with Crippen molar-refractivity contribution in [2.24, 2.45) is 0 Å². The highest BCUT2D eigenvalue weighted by Gasteiger charge is 2.28.